The highest BCUT2D eigenvalue weighted by molar-refractivity contribution is 5.44. The number of nitrogens with one attached hydrogen (secondary N) is 1. The summed E-state index contributed by atoms with van der Waals surface area (Å²) in [6.07, 6.45) is -0.636. The lowest BCUT2D eigenvalue weighted by Gasteiger charge is -2.21. The normalized spacial score (nSPS) is 16.5. The van der Waals surface area contributed by atoms with E-state index in [-0.39, 0.29) is 6.10 Å². The molecule has 0 aliphatic carbocycles. The second kappa shape index (κ2) is 8.19. The molecule has 6 nitrogen and oxygen atoms in total. The van der Waals surface area contributed by atoms with Crippen LogP contribution in [0.15, 0.2) is 18.2 Å². The van der Waals surface area contributed by atoms with Gasteiger partial charge >= 0.3 is 0 Å². The molecule has 1 aliphatic heterocycles. The van der Waals surface area contributed by atoms with Crippen LogP contribution in [-0.2, 0) is 9.47 Å². The molecule has 0 radical (unpaired) electrons. The van der Waals surface area contributed by atoms with Crippen LogP contribution in [0.25, 0.3) is 0 Å². The number of methoxy groups -OCH3 is 2. The Balaban J connectivity index is 1.84. The van der Waals surface area contributed by atoms with Crippen molar-refractivity contribution in [3.63, 3.8) is 0 Å². The third kappa shape index (κ3) is 4.57. The van der Waals surface area contributed by atoms with E-state index in [1.807, 2.05) is 18.2 Å². The number of rotatable bonds is 8. The van der Waals surface area contributed by atoms with Gasteiger partial charge in [-0.25, -0.2) is 0 Å². The molecule has 0 aromatic heterocycles. The highest BCUT2D eigenvalue weighted by Gasteiger charge is 2.15. The van der Waals surface area contributed by atoms with E-state index in [2.05, 4.69) is 5.32 Å². The average Bonchev–Trinajstić information content (AvgIpc) is 2.53. The first-order valence-corrected chi connectivity index (χ1v) is 7.04. The molecule has 2 atom stereocenters. The lowest BCUT2D eigenvalue weighted by Crippen LogP contribution is -2.34. The molecule has 0 bridgehead atoms. The Labute approximate surface area is 125 Å². The van der Waals surface area contributed by atoms with Crippen LogP contribution in [0.3, 0.4) is 0 Å². The number of hydrogen-bond acceptors (Lipinski definition) is 6. The van der Waals surface area contributed by atoms with Crippen LogP contribution in [0.2, 0.25) is 0 Å². The number of fused-ring (bicyclic) bond motifs is 1. The standard InChI is InChI=1S/C15H23NO5/c1-18-10-12(19-2)8-16-9-13(17)11-3-4-14-15(7-11)21-6-5-20-14/h3-4,7,12-13,16-17H,5-6,8-10H2,1-2H3. The summed E-state index contributed by atoms with van der Waals surface area (Å²) < 4.78 is 21.3. The van der Waals surface area contributed by atoms with Gasteiger partial charge in [-0.15, -0.1) is 0 Å². The van der Waals surface area contributed by atoms with Crippen molar-refractivity contribution in [3.05, 3.63) is 23.8 Å². The van der Waals surface area contributed by atoms with Crippen molar-refractivity contribution in [2.45, 2.75) is 12.2 Å². The minimum atomic E-state index is -0.610. The Kier molecular flexibility index (Phi) is 6.25. The lowest BCUT2D eigenvalue weighted by molar-refractivity contribution is 0.0270. The first kappa shape index (κ1) is 16.0. The Morgan fingerprint density at radius 3 is 2.67 bits per heavy atom. The number of ether oxygens (including phenoxy) is 4. The molecule has 118 valence electrons. The molecule has 0 spiro atoms. The molecule has 0 saturated carbocycles. The van der Waals surface area contributed by atoms with Crippen molar-refractivity contribution in [1.29, 1.82) is 0 Å². The molecule has 2 rings (SSSR count). The van der Waals surface area contributed by atoms with Crippen molar-refractivity contribution < 1.29 is 24.1 Å². The van der Waals surface area contributed by atoms with Gasteiger partial charge in [0, 0.05) is 27.3 Å². The maximum Gasteiger partial charge on any atom is 0.161 e. The van der Waals surface area contributed by atoms with Gasteiger partial charge in [0.05, 0.1) is 18.8 Å². The highest BCUT2D eigenvalue weighted by Crippen LogP contribution is 2.32. The minimum absolute atomic E-state index is 0.0255. The summed E-state index contributed by atoms with van der Waals surface area (Å²) in [5.74, 6) is 1.41. The van der Waals surface area contributed by atoms with Gasteiger partial charge in [-0.1, -0.05) is 6.07 Å². The van der Waals surface area contributed by atoms with E-state index in [0.717, 1.165) is 11.3 Å². The van der Waals surface area contributed by atoms with Gasteiger partial charge in [0.2, 0.25) is 0 Å². The van der Waals surface area contributed by atoms with Gasteiger partial charge in [-0.3, -0.25) is 0 Å². The molecule has 1 aromatic carbocycles. The lowest BCUT2D eigenvalue weighted by atomic mass is 10.1. The molecule has 21 heavy (non-hydrogen) atoms. The van der Waals surface area contributed by atoms with Gasteiger partial charge in [-0.05, 0) is 17.7 Å². The maximum absolute atomic E-state index is 10.2. The van der Waals surface area contributed by atoms with Crippen LogP contribution in [-0.4, -0.2) is 58.3 Å². The van der Waals surface area contributed by atoms with Crippen LogP contribution in [0.5, 0.6) is 11.5 Å². The quantitative estimate of drug-likeness (QED) is 0.738. The summed E-state index contributed by atoms with van der Waals surface area (Å²) in [5, 5.41) is 13.4. The van der Waals surface area contributed by atoms with E-state index in [1.165, 1.54) is 0 Å². The van der Waals surface area contributed by atoms with Crippen molar-refractivity contribution >= 4 is 0 Å². The van der Waals surface area contributed by atoms with Crippen LogP contribution < -0.4 is 14.8 Å². The zero-order valence-corrected chi connectivity index (χ0v) is 12.5. The first-order valence-electron chi connectivity index (χ1n) is 7.04. The van der Waals surface area contributed by atoms with E-state index in [1.54, 1.807) is 14.2 Å². The van der Waals surface area contributed by atoms with E-state index >= 15 is 0 Å². The van der Waals surface area contributed by atoms with E-state index < -0.39 is 6.10 Å². The predicted octanol–water partition coefficient (Wildman–Crippen LogP) is 0.742. The molecule has 1 aromatic rings. The van der Waals surface area contributed by atoms with Crippen molar-refractivity contribution in [3.8, 4) is 11.5 Å². The topological polar surface area (TPSA) is 69.2 Å². The van der Waals surface area contributed by atoms with Gasteiger partial charge in [0.25, 0.3) is 0 Å². The van der Waals surface area contributed by atoms with Crippen LogP contribution in [0, 0.1) is 0 Å². The van der Waals surface area contributed by atoms with E-state index in [4.69, 9.17) is 18.9 Å². The smallest absolute Gasteiger partial charge is 0.161 e. The summed E-state index contributed by atoms with van der Waals surface area (Å²) in [7, 11) is 3.28. The summed E-state index contributed by atoms with van der Waals surface area (Å²) in [4.78, 5) is 0. The molecule has 0 fully saturated rings. The van der Waals surface area contributed by atoms with Gasteiger partial charge in [0.1, 0.15) is 13.2 Å². The molecular weight excluding hydrogens is 274 g/mol. The fourth-order valence-electron chi connectivity index (χ4n) is 2.16. The summed E-state index contributed by atoms with van der Waals surface area (Å²) in [5.41, 5.74) is 0.799. The Bertz CT molecular complexity index is 440. The molecule has 1 aliphatic rings. The molecular formula is C15H23NO5. The average molecular weight is 297 g/mol. The molecule has 1 heterocycles. The molecule has 2 N–H and O–H groups in total. The second-order valence-electron chi connectivity index (χ2n) is 4.89. The van der Waals surface area contributed by atoms with E-state index in [0.29, 0.717) is 38.7 Å². The Hall–Kier alpha value is -1.34. The third-order valence-corrected chi connectivity index (χ3v) is 3.35. The number of aliphatic hydroxyl groups excluding tert-OH is 1. The van der Waals surface area contributed by atoms with Crippen LogP contribution in [0.1, 0.15) is 11.7 Å². The van der Waals surface area contributed by atoms with Crippen molar-refractivity contribution in [2.24, 2.45) is 0 Å². The summed E-state index contributed by atoms with van der Waals surface area (Å²) in [6.45, 7) is 2.67. The van der Waals surface area contributed by atoms with Crippen LogP contribution >= 0.6 is 0 Å². The Morgan fingerprint density at radius 1 is 1.19 bits per heavy atom. The monoisotopic (exact) mass is 297 g/mol. The number of hydrogen-bond donors (Lipinski definition) is 2. The zero-order valence-electron chi connectivity index (χ0n) is 12.5. The minimum Gasteiger partial charge on any atom is -0.486 e. The van der Waals surface area contributed by atoms with Gasteiger partial charge in [-0.2, -0.15) is 0 Å². The molecule has 0 saturated heterocycles. The summed E-state index contributed by atoms with van der Waals surface area (Å²) in [6, 6.07) is 5.50. The van der Waals surface area contributed by atoms with Crippen LogP contribution in [0.4, 0.5) is 0 Å². The SMILES string of the molecule is COCC(CNCC(O)c1ccc2c(c1)OCCO2)OC. The van der Waals surface area contributed by atoms with Crippen molar-refractivity contribution in [2.75, 3.05) is 47.1 Å². The zero-order chi connectivity index (χ0) is 15.1. The predicted molar refractivity (Wildman–Crippen MR) is 77.9 cm³/mol. The number of benzene rings is 1. The number of aliphatic hydroxyl groups is 1. The third-order valence-electron chi connectivity index (χ3n) is 3.35. The fraction of sp³-hybridized carbons (Fsp3) is 0.600. The second-order valence-corrected chi connectivity index (χ2v) is 4.89. The van der Waals surface area contributed by atoms with Crippen molar-refractivity contribution in [1.82, 2.24) is 5.32 Å². The fourth-order valence-corrected chi connectivity index (χ4v) is 2.16. The Morgan fingerprint density at radius 2 is 1.95 bits per heavy atom. The molecule has 0 amide bonds. The highest BCUT2D eigenvalue weighted by atomic mass is 16.6. The maximum atomic E-state index is 10.2. The molecule has 2 unspecified atom stereocenters. The van der Waals surface area contributed by atoms with E-state index in [9.17, 15) is 5.11 Å². The van der Waals surface area contributed by atoms with Gasteiger partial charge < -0.3 is 29.4 Å². The first-order chi connectivity index (χ1) is 10.2. The van der Waals surface area contributed by atoms with Gasteiger partial charge in [0.15, 0.2) is 11.5 Å². The summed E-state index contributed by atoms with van der Waals surface area (Å²) >= 11 is 0. The largest absolute Gasteiger partial charge is 0.486 e. The molecule has 6 heteroatoms.